The highest BCUT2D eigenvalue weighted by molar-refractivity contribution is 6.34. The largest absolute Gasteiger partial charge is 0.365 e. The number of fused-ring (bicyclic) bond motifs is 2. The highest BCUT2D eigenvalue weighted by Crippen LogP contribution is 2.44. The van der Waals surface area contributed by atoms with Crippen LogP contribution in [0.4, 0.5) is 11.4 Å². The Kier molecular flexibility index (Phi) is 5.92. The molecule has 1 fully saturated rings. The summed E-state index contributed by atoms with van der Waals surface area (Å²) in [4.78, 5) is 28.1. The van der Waals surface area contributed by atoms with Crippen molar-refractivity contribution in [3.63, 3.8) is 0 Å². The number of nitrogens with zero attached hydrogens (tertiary/aromatic N) is 2. The maximum absolute atomic E-state index is 13.7. The summed E-state index contributed by atoms with van der Waals surface area (Å²) in [6, 6.07) is 13.7. The van der Waals surface area contributed by atoms with Gasteiger partial charge >= 0.3 is 0 Å². The van der Waals surface area contributed by atoms with Crippen LogP contribution < -0.4 is 10.9 Å². The lowest BCUT2D eigenvalue weighted by molar-refractivity contribution is -0.0741. The number of halogens is 2. The van der Waals surface area contributed by atoms with Crippen LogP contribution in [0.5, 0.6) is 0 Å². The maximum atomic E-state index is 13.7. The zero-order chi connectivity index (χ0) is 24.0. The van der Waals surface area contributed by atoms with Crippen molar-refractivity contribution in [2.24, 2.45) is 7.05 Å². The number of amides is 1. The zero-order valence-corrected chi connectivity index (χ0v) is 20.5. The number of aryl methyl sites for hydroxylation is 2. The number of ether oxygens (including phenoxy) is 1. The van der Waals surface area contributed by atoms with Gasteiger partial charge in [-0.25, -0.2) is 0 Å². The minimum Gasteiger partial charge on any atom is -0.365 e. The van der Waals surface area contributed by atoms with Crippen molar-refractivity contribution in [1.29, 1.82) is 0 Å². The second-order valence-corrected chi connectivity index (χ2v) is 9.78. The Labute approximate surface area is 208 Å². The van der Waals surface area contributed by atoms with Crippen molar-refractivity contribution in [2.45, 2.75) is 32.0 Å². The van der Waals surface area contributed by atoms with Crippen molar-refractivity contribution in [2.75, 3.05) is 18.4 Å². The van der Waals surface area contributed by atoms with Gasteiger partial charge in [0, 0.05) is 37.0 Å². The Morgan fingerprint density at radius 1 is 1.12 bits per heavy atom. The normalized spacial score (nSPS) is 16.5. The second-order valence-electron chi connectivity index (χ2n) is 8.96. The zero-order valence-electron chi connectivity index (χ0n) is 19.0. The van der Waals surface area contributed by atoms with Gasteiger partial charge in [-0.15, -0.1) is 0 Å². The van der Waals surface area contributed by atoms with Crippen LogP contribution in [0, 0.1) is 6.92 Å². The predicted octanol–water partition coefficient (Wildman–Crippen LogP) is 5.41. The number of carbonyl (C=O) groups excluding carboxylic acids is 1. The molecule has 0 unspecified atom stereocenters. The highest BCUT2D eigenvalue weighted by Gasteiger charge is 2.43. The van der Waals surface area contributed by atoms with Gasteiger partial charge < -0.3 is 19.5 Å². The molecule has 0 radical (unpaired) electrons. The Hall–Kier alpha value is -2.80. The summed E-state index contributed by atoms with van der Waals surface area (Å²) in [5.74, 6) is -0.180. The van der Waals surface area contributed by atoms with E-state index in [1.54, 1.807) is 25.4 Å². The molecule has 2 aliphatic rings. The van der Waals surface area contributed by atoms with E-state index in [4.69, 9.17) is 27.9 Å². The van der Waals surface area contributed by atoms with Gasteiger partial charge in [0.15, 0.2) is 0 Å². The molecule has 5 rings (SSSR count). The smallest absolute Gasteiger partial charge is 0.271 e. The summed E-state index contributed by atoms with van der Waals surface area (Å²) in [7, 11) is 1.59. The molecule has 1 spiro atoms. The van der Waals surface area contributed by atoms with Crippen molar-refractivity contribution in [1.82, 2.24) is 9.47 Å². The summed E-state index contributed by atoms with van der Waals surface area (Å²) in [5.41, 5.74) is 3.96. The summed E-state index contributed by atoms with van der Waals surface area (Å²) < 4.78 is 7.58. The molecule has 0 atom stereocenters. The van der Waals surface area contributed by atoms with Crippen LogP contribution in [-0.4, -0.2) is 28.5 Å². The first-order valence-electron chi connectivity index (χ1n) is 11.2. The fraction of sp³-hybridized carbons (Fsp3) is 0.308. The van der Waals surface area contributed by atoms with Gasteiger partial charge in [0.25, 0.3) is 11.5 Å². The first-order valence-corrected chi connectivity index (χ1v) is 12.0. The second kappa shape index (κ2) is 8.77. The molecule has 176 valence electrons. The molecule has 2 aromatic carbocycles. The predicted molar refractivity (Wildman–Crippen MR) is 134 cm³/mol. The molecule has 3 aromatic rings. The molecule has 1 aromatic heterocycles. The van der Waals surface area contributed by atoms with Crippen LogP contribution in [0.25, 0.3) is 0 Å². The molecule has 6 nitrogen and oxygen atoms in total. The summed E-state index contributed by atoms with van der Waals surface area (Å²) in [5, 5.41) is 3.71. The first kappa shape index (κ1) is 23.0. The minimum absolute atomic E-state index is 0.0331. The van der Waals surface area contributed by atoms with Crippen LogP contribution >= 0.6 is 23.2 Å². The van der Waals surface area contributed by atoms with E-state index in [2.05, 4.69) is 17.4 Å². The quantitative estimate of drug-likeness (QED) is 0.525. The van der Waals surface area contributed by atoms with Gasteiger partial charge in [0.2, 0.25) is 0 Å². The van der Waals surface area contributed by atoms with Crippen LogP contribution in [0.3, 0.4) is 0 Å². The number of aromatic nitrogens is 1. The third kappa shape index (κ3) is 3.90. The lowest BCUT2D eigenvalue weighted by Crippen LogP contribution is -2.45. The monoisotopic (exact) mass is 497 g/mol. The van der Waals surface area contributed by atoms with Crippen molar-refractivity contribution >= 4 is 40.5 Å². The standard InChI is InChI=1S/C26H25Cl2N3O3/c1-16-7-8-18(27)13-21(16)29-23-19(14-30(2)25(33)22(23)28)24(32)31-11-9-26(10-12-31)20-6-4-3-5-17(20)15-34-26/h3-8,13-14,29H,9-12,15H2,1-2H3. The third-order valence-corrected chi connectivity index (χ3v) is 7.47. The van der Waals surface area contributed by atoms with Crippen LogP contribution in [-0.2, 0) is 24.0 Å². The van der Waals surface area contributed by atoms with Crippen LogP contribution in [0.15, 0.2) is 53.5 Å². The molecule has 3 heterocycles. The number of hydrogen-bond acceptors (Lipinski definition) is 4. The fourth-order valence-electron chi connectivity index (χ4n) is 4.88. The molecule has 0 bridgehead atoms. The Morgan fingerprint density at radius 3 is 2.62 bits per heavy atom. The lowest BCUT2D eigenvalue weighted by atomic mass is 9.83. The third-order valence-electron chi connectivity index (χ3n) is 6.88. The van der Waals surface area contributed by atoms with E-state index in [1.165, 1.54) is 15.7 Å². The Balaban J connectivity index is 1.44. The van der Waals surface area contributed by atoms with Crippen LogP contribution in [0.2, 0.25) is 10.0 Å². The van der Waals surface area contributed by atoms with E-state index in [1.807, 2.05) is 30.0 Å². The number of rotatable bonds is 3. The van der Waals surface area contributed by atoms with E-state index in [9.17, 15) is 9.59 Å². The fourth-order valence-corrected chi connectivity index (χ4v) is 5.34. The minimum atomic E-state index is -0.381. The van der Waals surface area contributed by atoms with E-state index in [0.29, 0.717) is 54.5 Å². The number of piperidine rings is 1. The topological polar surface area (TPSA) is 63.6 Å². The summed E-state index contributed by atoms with van der Waals surface area (Å²) >= 11 is 12.6. The lowest BCUT2D eigenvalue weighted by Gasteiger charge is -2.39. The molecule has 1 amide bonds. The van der Waals surface area contributed by atoms with Crippen molar-refractivity contribution < 1.29 is 9.53 Å². The molecule has 8 heteroatoms. The van der Waals surface area contributed by atoms with Gasteiger partial charge in [-0.3, -0.25) is 9.59 Å². The Morgan fingerprint density at radius 2 is 1.85 bits per heavy atom. The molecule has 1 N–H and O–H groups in total. The van der Waals surface area contributed by atoms with Crippen molar-refractivity contribution in [3.05, 3.63) is 91.3 Å². The number of anilines is 2. The molecule has 2 aliphatic heterocycles. The average molecular weight is 498 g/mol. The van der Waals surface area contributed by atoms with Gasteiger partial charge in [0.05, 0.1) is 23.5 Å². The number of benzene rings is 2. The van der Waals surface area contributed by atoms with Crippen LogP contribution in [0.1, 0.15) is 39.9 Å². The highest BCUT2D eigenvalue weighted by atomic mass is 35.5. The average Bonchev–Trinajstić information content (AvgIpc) is 3.19. The molecular weight excluding hydrogens is 473 g/mol. The number of carbonyl (C=O) groups is 1. The van der Waals surface area contributed by atoms with Crippen molar-refractivity contribution in [3.8, 4) is 0 Å². The van der Waals surface area contributed by atoms with Gasteiger partial charge in [-0.05, 0) is 48.6 Å². The summed E-state index contributed by atoms with van der Waals surface area (Å²) in [6.07, 6.45) is 2.97. The Bertz CT molecular complexity index is 1340. The van der Waals surface area contributed by atoms with Gasteiger partial charge in [-0.2, -0.15) is 0 Å². The van der Waals surface area contributed by atoms with E-state index in [0.717, 1.165) is 5.56 Å². The number of nitrogens with one attached hydrogen (secondary N) is 1. The van der Waals surface area contributed by atoms with E-state index < -0.39 is 0 Å². The SMILES string of the molecule is Cc1ccc(Cl)cc1Nc1c(C(=O)N2CCC3(CC2)OCc2ccccc23)cn(C)c(=O)c1Cl. The van der Waals surface area contributed by atoms with Gasteiger partial charge in [0.1, 0.15) is 5.02 Å². The number of likely N-dealkylation sites (tertiary alicyclic amines) is 1. The molecular formula is C26H25Cl2N3O3. The van der Waals surface area contributed by atoms with Gasteiger partial charge in [-0.1, -0.05) is 53.5 Å². The van der Waals surface area contributed by atoms with E-state index in [-0.39, 0.29) is 22.1 Å². The number of hydrogen-bond donors (Lipinski definition) is 1. The molecule has 34 heavy (non-hydrogen) atoms. The molecule has 0 saturated carbocycles. The first-order chi connectivity index (χ1) is 16.3. The molecule has 1 saturated heterocycles. The maximum Gasteiger partial charge on any atom is 0.271 e. The molecule has 0 aliphatic carbocycles. The number of pyridine rings is 1. The van der Waals surface area contributed by atoms with E-state index >= 15 is 0 Å². The summed E-state index contributed by atoms with van der Waals surface area (Å²) in [6.45, 7) is 3.61.